The van der Waals surface area contributed by atoms with Crippen molar-refractivity contribution < 1.29 is 4.79 Å². The Balaban J connectivity index is 1.58. The molecule has 0 aliphatic heterocycles. The number of pyridine rings is 1. The zero-order valence-corrected chi connectivity index (χ0v) is 12.4. The summed E-state index contributed by atoms with van der Waals surface area (Å²) in [5.74, 6) is 1.98. The molecule has 2 fully saturated rings. The molecule has 0 radical (unpaired) electrons. The van der Waals surface area contributed by atoms with Crippen LogP contribution in [0.15, 0.2) is 18.3 Å². The van der Waals surface area contributed by atoms with Crippen LogP contribution in [0.5, 0.6) is 0 Å². The summed E-state index contributed by atoms with van der Waals surface area (Å²) < 4.78 is 0. The zero-order chi connectivity index (χ0) is 13.9. The number of anilines is 1. The first-order valence-corrected chi connectivity index (χ1v) is 8.02. The maximum Gasteiger partial charge on any atom is 0.227 e. The summed E-state index contributed by atoms with van der Waals surface area (Å²) in [5.41, 5.74) is 0.741. The van der Waals surface area contributed by atoms with Crippen molar-refractivity contribution in [2.45, 2.75) is 44.9 Å². The van der Waals surface area contributed by atoms with Gasteiger partial charge in [-0.25, -0.2) is 4.98 Å². The van der Waals surface area contributed by atoms with Crippen molar-refractivity contribution >= 4 is 23.2 Å². The third-order valence-electron chi connectivity index (χ3n) is 4.91. The fraction of sp³-hybridized carbons (Fsp3) is 0.625. The molecule has 2 aliphatic carbocycles. The summed E-state index contributed by atoms with van der Waals surface area (Å²) in [7, 11) is 0. The fourth-order valence-corrected chi connectivity index (χ4v) is 3.92. The van der Waals surface area contributed by atoms with E-state index in [-0.39, 0.29) is 11.8 Å². The van der Waals surface area contributed by atoms with E-state index in [1.807, 2.05) is 0 Å². The average Bonchev–Trinajstić information content (AvgIpc) is 2.49. The van der Waals surface area contributed by atoms with Crippen LogP contribution in [-0.2, 0) is 4.79 Å². The van der Waals surface area contributed by atoms with E-state index >= 15 is 0 Å². The molecule has 1 aromatic heterocycles. The molecular formula is C16H21ClN2O. The summed E-state index contributed by atoms with van der Waals surface area (Å²) in [6.45, 7) is 0. The standard InChI is InChI=1S/C16H21ClN2O/c17-15-8-7-14(10-18-15)19-16(20)13-6-5-11-3-1-2-4-12(11)9-13/h7-8,10-13H,1-6,9H2,(H,19,20). The van der Waals surface area contributed by atoms with E-state index in [0.717, 1.165) is 30.4 Å². The van der Waals surface area contributed by atoms with E-state index in [1.165, 1.54) is 32.1 Å². The first-order valence-electron chi connectivity index (χ1n) is 7.65. The van der Waals surface area contributed by atoms with Crippen molar-refractivity contribution in [1.82, 2.24) is 4.98 Å². The number of fused-ring (bicyclic) bond motifs is 1. The lowest BCUT2D eigenvalue weighted by Gasteiger charge is -2.38. The van der Waals surface area contributed by atoms with Gasteiger partial charge in [0.25, 0.3) is 0 Å². The van der Waals surface area contributed by atoms with Crippen LogP contribution in [0.1, 0.15) is 44.9 Å². The molecule has 0 aromatic carbocycles. The Labute approximate surface area is 125 Å². The third-order valence-corrected chi connectivity index (χ3v) is 5.13. The first-order chi connectivity index (χ1) is 9.72. The van der Waals surface area contributed by atoms with Crippen molar-refractivity contribution in [3.8, 4) is 0 Å². The molecule has 0 spiro atoms. The number of amides is 1. The van der Waals surface area contributed by atoms with Crippen molar-refractivity contribution in [3.05, 3.63) is 23.5 Å². The van der Waals surface area contributed by atoms with Crippen molar-refractivity contribution in [2.75, 3.05) is 5.32 Å². The van der Waals surface area contributed by atoms with Gasteiger partial charge >= 0.3 is 0 Å². The number of aromatic nitrogens is 1. The number of nitrogens with one attached hydrogen (secondary N) is 1. The van der Waals surface area contributed by atoms with E-state index in [0.29, 0.717) is 5.15 Å². The summed E-state index contributed by atoms with van der Waals surface area (Å²) >= 11 is 5.75. The maximum absolute atomic E-state index is 12.4. The van der Waals surface area contributed by atoms with Crippen LogP contribution in [0.3, 0.4) is 0 Å². The summed E-state index contributed by atoms with van der Waals surface area (Å²) in [6, 6.07) is 3.51. The molecule has 2 aliphatic rings. The molecule has 1 amide bonds. The largest absolute Gasteiger partial charge is 0.324 e. The quantitative estimate of drug-likeness (QED) is 0.827. The highest BCUT2D eigenvalue weighted by atomic mass is 35.5. The summed E-state index contributed by atoms with van der Waals surface area (Å²) in [4.78, 5) is 16.3. The number of hydrogen-bond donors (Lipinski definition) is 1. The molecular weight excluding hydrogens is 272 g/mol. The lowest BCUT2D eigenvalue weighted by molar-refractivity contribution is -0.122. The highest BCUT2D eigenvalue weighted by Gasteiger charge is 2.34. The molecule has 4 heteroatoms. The second-order valence-corrected chi connectivity index (χ2v) is 6.56. The van der Waals surface area contributed by atoms with Crippen LogP contribution in [0.4, 0.5) is 5.69 Å². The summed E-state index contributed by atoms with van der Waals surface area (Å²) in [5, 5.41) is 3.42. The number of carbonyl (C=O) groups is 1. The van der Waals surface area contributed by atoms with Gasteiger partial charge in [-0.05, 0) is 43.2 Å². The minimum atomic E-state index is 0.151. The van der Waals surface area contributed by atoms with Gasteiger partial charge in [0.05, 0.1) is 11.9 Å². The second-order valence-electron chi connectivity index (χ2n) is 6.17. The molecule has 2 saturated carbocycles. The number of hydrogen-bond acceptors (Lipinski definition) is 2. The van der Waals surface area contributed by atoms with Crippen LogP contribution in [0.25, 0.3) is 0 Å². The van der Waals surface area contributed by atoms with Crippen LogP contribution in [0, 0.1) is 17.8 Å². The average molecular weight is 293 g/mol. The van der Waals surface area contributed by atoms with Gasteiger partial charge in [0.2, 0.25) is 5.91 Å². The lowest BCUT2D eigenvalue weighted by atomic mass is 9.67. The van der Waals surface area contributed by atoms with E-state index in [9.17, 15) is 4.79 Å². The van der Waals surface area contributed by atoms with Crippen molar-refractivity contribution in [2.24, 2.45) is 17.8 Å². The Morgan fingerprint density at radius 3 is 2.70 bits per heavy atom. The second kappa shape index (κ2) is 6.13. The minimum Gasteiger partial charge on any atom is -0.324 e. The molecule has 3 unspecified atom stereocenters. The molecule has 3 rings (SSSR count). The normalized spacial score (nSPS) is 29.6. The smallest absolute Gasteiger partial charge is 0.227 e. The van der Waals surface area contributed by atoms with Gasteiger partial charge < -0.3 is 5.32 Å². The highest BCUT2D eigenvalue weighted by molar-refractivity contribution is 6.29. The Kier molecular flexibility index (Phi) is 4.25. The van der Waals surface area contributed by atoms with Gasteiger partial charge in [0, 0.05) is 5.92 Å². The maximum atomic E-state index is 12.4. The van der Waals surface area contributed by atoms with Gasteiger partial charge in [0.15, 0.2) is 0 Å². The Bertz CT molecular complexity index is 474. The van der Waals surface area contributed by atoms with Crippen molar-refractivity contribution in [3.63, 3.8) is 0 Å². The molecule has 0 saturated heterocycles. The Morgan fingerprint density at radius 2 is 1.95 bits per heavy atom. The minimum absolute atomic E-state index is 0.151. The molecule has 1 N–H and O–H groups in total. The molecule has 1 heterocycles. The van der Waals surface area contributed by atoms with E-state index in [1.54, 1.807) is 18.3 Å². The Morgan fingerprint density at radius 1 is 1.15 bits per heavy atom. The zero-order valence-electron chi connectivity index (χ0n) is 11.6. The van der Waals surface area contributed by atoms with Crippen LogP contribution >= 0.6 is 11.6 Å². The van der Waals surface area contributed by atoms with E-state index in [4.69, 9.17) is 11.6 Å². The number of carbonyl (C=O) groups excluding carboxylic acids is 1. The molecule has 3 nitrogen and oxygen atoms in total. The van der Waals surface area contributed by atoms with Gasteiger partial charge in [0.1, 0.15) is 5.15 Å². The molecule has 3 atom stereocenters. The predicted octanol–water partition coefficient (Wildman–Crippen LogP) is 4.28. The molecule has 20 heavy (non-hydrogen) atoms. The number of halogens is 1. The number of nitrogens with zero attached hydrogens (tertiary/aromatic N) is 1. The van der Waals surface area contributed by atoms with Gasteiger partial charge in [-0.2, -0.15) is 0 Å². The van der Waals surface area contributed by atoms with Crippen LogP contribution in [-0.4, -0.2) is 10.9 Å². The Hall–Kier alpha value is -1.09. The highest BCUT2D eigenvalue weighted by Crippen LogP contribution is 2.42. The van der Waals surface area contributed by atoms with E-state index < -0.39 is 0 Å². The predicted molar refractivity (Wildman–Crippen MR) is 80.7 cm³/mol. The van der Waals surface area contributed by atoms with Crippen LogP contribution < -0.4 is 5.32 Å². The van der Waals surface area contributed by atoms with Gasteiger partial charge in [-0.3, -0.25) is 4.79 Å². The van der Waals surface area contributed by atoms with Gasteiger partial charge in [-0.1, -0.05) is 37.3 Å². The monoisotopic (exact) mass is 292 g/mol. The number of rotatable bonds is 2. The SMILES string of the molecule is O=C(Nc1ccc(Cl)nc1)C1CCC2CCCCC2C1. The fourth-order valence-electron chi connectivity index (χ4n) is 3.81. The topological polar surface area (TPSA) is 42.0 Å². The molecule has 108 valence electrons. The molecule has 0 bridgehead atoms. The lowest BCUT2D eigenvalue weighted by Crippen LogP contribution is -2.33. The third kappa shape index (κ3) is 3.14. The van der Waals surface area contributed by atoms with E-state index in [2.05, 4.69) is 10.3 Å². The first kappa shape index (κ1) is 13.9. The molecule has 1 aromatic rings. The van der Waals surface area contributed by atoms with Crippen molar-refractivity contribution in [1.29, 1.82) is 0 Å². The van der Waals surface area contributed by atoms with Crippen LogP contribution in [0.2, 0.25) is 5.15 Å². The van der Waals surface area contributed by atoms with Gasteiger partial charge in [-0.15, -0.1) is 0 Å². The summed E-state index contributed by atoms with van der Waals surface area (Å²) in [6.07, 6.45) is 10.4.